The van der Waals surface area contributed by atoms with Crippen molar-refractivity contribution in [1.82, 2.24) is 20.5 Å². The average Bonchev–Trinajstić information content (AvgIpc) is 3.01. The van der Waals surface area contributed by atoms with Crippen LogP contribution in [-0.4, -0.2) is 33.7 Å². The number of aromatic nitrogens is 3. The molecule has 6 nitrogen and oxygen atoms in total. The lowest BCUT2D eigenvalue weighted by atomic mass is 10.2. The van der Waals surface area contributed by atoms with Crippen molar-refractivity contribution in [2.24, 2.45) is 0 Å². The first-order valence-corrected chi connectivity index (χ1v) is 7.45. The van der Waals surface area contributed by atoms with Gasteiger partial charge in [-0.2, -0.15) is 5.10 Å². The molecule has 1 unspecified atom stereocenters. The van der Waals surface area contributed by atoms with Crippen molar-refractivity contribution in [3.8, 4) is 0 Å². The van der Waals surface area contributed by atoms with E-state index in [0.717, 1.165) is 17.8 Å². The van der Waals surface area contributed by atoms with Gasteiger partial charge in [0, 0.05) is 42.7 Å². The Morgan fingerprint density at radius 2 is 2.40 bits per heavy atom. The molecule has 0 saturated carbocycles. The zero-order chi connectivity index (χ0) is 14.4. The summed E-state index contributed by atoms with van der Waals surface area (Å²) in [6.07, 6.45) is 2.95. The van der Waals surface area contributed by atoms with E-state index in [1.165, 1.54) is 11.3 Å². The normalized spacial score (nSPS) is 12.3. The van der Waals surface area contributed by atoms with E-state index < -0.39 is 0 Å². The predicted octanol–water partition coefficient (Wildman–Crippen LogP) is 1.72. The van der Waals surface area contributed by atoms with Gasteiger partial charge in [0.25, 0.3) is 0 Å². The van der Waals surface area contributed by atoms with Crippen LogP contribution in [0.1, 0.15) is 24.7 Å². The fourth-order valence-corrected chi connectivity index (χ4v) is 2.41. The first-order chi connectivity index (χ1) is 9.63. The Hall–Kier alpha value is -1.73. The van der Waals surface area contributed by atoms with Gasteiger partial charge in [0.15, 0.2) is 5.13 Å². The summed E-state index contributed by atoms with van der Waals surface area (Å²) >= 11 is 1.42. The Bertz CT molecular complexity index is 537. The van der Waals surface area contributed by atoms with Crippen molar-refractivity contribution in [2.45, 2.75) is 32.7 Å². The number of hydrogen-bond acceptors (Lipinski definition) is 5. The van der Waals surface area contributed by atoms with Gasteiger partial charge in [-0.3, -0.25) is 9.89 Å². The highest BCUT2D eigenvalue weighted by molar-refractivity contribution is 7.13. The van der Waals surface area contributed by atoms with Crippen LogP contribution >= 0.6 is 11.3 Å². The number of anilines is 1. The third-order valence-corrected chi connectivity index (χ3v) is 3.49. The predicted molar refractivity (Wildman–Crippen MR) is 79.9 cm³/mol. The second-order valence-electron chi connectivity index (χ2n) is 4.74. The molecule has 1 atom stereocenters. The summed E-state index contributed by atoms with van der Waals surface area (Å²) in [5.41, 5.74) is 2.10. The Kier molecular flexibility index (Phi) is 5.25. The van der Waals surface area contributed by atoms with Crippen LogP contribution in [0.3, 0.4) is 0 Å². The molecule has 0 spiro atoms. The van der Waals surface area contributed by atoms with Gasteiger partial charge in [-0.1, -0.05) is 0 Å². The lowest BCUT2D eigenvalue weighted by Gasteiger charge is -2.11. The van der Waals surface area contributed by atoms with E-state index >= 15 is 0 Å². The van der Waals surface area contributed by atoms with Crippen LogP contribution in [0.2, 0.25) is 0 Å². The number of carbonyl (C=O) groups is 1. The van der Waals surface area contributed by atoms with Crippen LogP contribution in [-0.2, 0) is 11.2 Å². The van der Waals surface area contributed by atoms with E-state index in [4.69, 9.17) is 0 Å². The largest absolute Gasteiger partial charge is 0.313 e. The lowest BCUT2D eigenvalue weighted by Crippen LogP contribution is -2.31. The van der Waals surface area contributed by atoms with Gasteiger partial charge in [0.05, 0.1) is 5.69 Å². The number of thiazole rings is 1. The standard InChI is InChI=1S/C13H19N5OS/c1-9(7-11-8-10(2)17-18-11)14-4-3-12(19)16-13-15-5-6-20-13/h5-6,8-9,14H,3-4,7H2,1-2H3,(H,17,18)(H,15,16,19). The molecule has 2 rings (SSSR count). The Labute approximate surface area is 122 Å². The zero-order valence-electron chi connectivity index (χ0n) is 11.6. The second-order valence-corrected chi connectivity index (χ2v) is 5.63. The number of rotatable bonds is 7. The highest BCUT2D eigenvalue weighted by Gasteiger charge is 2.08. The minimum atomic E-state index is -0.0183. The van der Waals surface area contributed by atoms with Crippen molar-refractivity contribution < 1.29 is 4.79 Å². The first kappa shape index (κ1) is 14.7. The van der Waals surface area contributed by atoms with Gasteiger partial charge in [-0.25, -0.2) is 4.98 Å². The number of carbonyl (C=O) groups excluding carboxylic acids is 1. The molecular weight excluding hydrogens is 274 g/mol. The molecule has 2 aromatic rings. The summed E-state index contributed by atoms with van der Waals surface area (Å²) in [7, 11) is 0. The summed E-state index contributed by atoms with van der Waals surface area (Å²) in [4.78, 5) is 15.7. The highest BCUT2D eigenvalue weighted by atomic mass is 32.1. The molecule has 0 aliphatic heterocycles. The zero-order valence-corrected chi connectivity index (χ0v) is 12.5. The molecule has 0 radical (unpaired) electrons. The molecule has 3 N–H and O–H groups in total. The van der Waals surface area contributed by atoms with Gasteiger partial charge in [0.1, 0.15) is 0 Å². The Morgan fingerprint density at radius 3 is 3.05 bits per heavy atom. The molecule has 2 heterocycles. The maximum atomic E-state index is 11.7. The van der Waals surface area contributed by atoms with E-state index in [0.29, 0.717) is 18.1 Å². The molecule has 0 aromatic carbocycles. The van der Waals surface area contributed by atoms with Crippen LogP contribution in [0.5, 0.6) is 0 Å². The quantitative estimate of drug-likeness (QED) is 0.726. The topological polar surface area (TPSA) is 82.7 Å². The van der Waals surface area contributed by atoms with Crippen molar-refractivity contribution in [3.63, 3.8) is 0 Å². The minimum absolute atomic E-state index is 0.0183. The van der Waals surface area contributed by atoms with Gasteiger partial charge in [-0.15, -0.1) is 11.3 Å². The van der Waals surface area contributed by atoms with Crippen LogP contribution in [0.15, 0.2) is 17.6 Å². The second kappa shape index (κ2) is 7.16. The Morgan fingerprint density at radius 1 is 1.55 bits per heavy atom. The molecule has 0 bridgehead atoms. The third-order valence-electron chi connectivity index (χ3n) is 2.80. The number of H-pyrrole nitrogens is 1. The first-order valence-electron chi connectivity index (χ1n) is 6.57. The van der Waals surface area contributed by atoms with E-state index in [1.807, 2.05) is 18.4 Å². The van der Waals surface area contributed by atoms with Crippen LogP contribution in [0.25, 0.3) is 0 Å². The SMILES string of the molecule is Cc1cc(CC(C)NCCC(=O)Nc2nccs2)n[nH]1. The van der Waals surface area contributed by atoms with Gasteiger partial charge in [-0.05, 0) is 19.9 Å². The monoisotopic (exact) mass is 293 g/mol. The summed E-state index contributed by atoms with van der Waals surface area (Å²) in [5, 5.41) is 15.7. The van der Waals surface area contributed by atoms with E-state index in [9.17, 15) is 4.79 Å². The number of hydrogen-bond donors (Lipinski definition) is 3. The van der Waals surface area contributed by atoms with Crippen molar-refractivity contribution in [2.75, 3.05) is 11.9 Å². The molecule has 0 fully saturated rings. The van der Waals surface area contributed by atoms with Crippen LogP contribution < -0.4 is 10.6 Å². The van der Waals surface area contributed by atoms with E-state index in [-0.39, 0.29) is 11.9 Å². The van der Waals surface area contributed by atoms with Crippen LogP contribution in [0.4, 0.5) is 5.13 Å². The van der Waals surface area contributed by atoms with Gasteiger partial charge in [0.2, 0.25) is 5.91 Å². The fraction of sp³-hybridized carbons (Fsp3) is 0.462. The maximum Gasteiger partial charge on any atom is 0.227 e. The highest BCUT2D eigenvalue weighted by Crippen LogP contribution is 2.10. The van der Waals surface area contributed by atoms with Crippen LogP contribution in [0, 0.1) is 6.92 Å². The number of nitrogens with zero attached hydrogens (tertiary/aromatic N) is 2. The summed E-state index contributed by atoms with van der Waals surface area (Å²) in [6.45, 7) is 4.71. The van der Waals surface area contributed by atoms with Crippen molar-refractivity contribution >= 4 is 22.4 Å². The lowest BCUT2D eigenvalue weighted by molar-refractivity contribution is -0.116. The average molecular weight is 293 g/mol. The molecule has 2 aromatic heterocycles. The minimum Gasteiger partial charge on any atom is -0.313 e. The number of aryl methyl sites for hydroxylation is 1. The number of aromatic amines is 1. The molecule has 20 heavy (non-hydrogen) atoms. The number of amides is 1. The molecule has 0 aliphatic rings. The molecule has 1 amide bonds. The molecule has 0 saturated heterocycles. The summed E-state index contributed by atoms with van der Waals surface area (Å²) < 4.78 is 0. The fourth-order valence-electron chi connectivity index (χ4n) is 1.86. The van der Waals surface area contributed by atoms with Crippen molar-refractivity contribution in [3.05, 3.63) is 29.0 Å². The molecular formula is C13H19N5OS. The van der Waals surface area contributed by atoms with Gasteiger partial charge < -0.3 is 10.6 Å². The molecule has 0 aliphatic carbocycles. The Balaban J connectivity index is 1.63. The smallest absolute Gasteiger partial charge is 0.227 e. The maximum absolute atomic E-state index is 11.7. The van der Waals surface area contributed by atoms with Gasteiger partial charge >= 0.3 is 0 Å². The number of nitrogens with one attached hydrogen (secondary N) is 3. The van der Waals surface area contributed by atoms with E-state index in [1.54, 1.807) is 6.20 Å². The summed E-state index contributed by atoms with van der Waals surface area (Å²) in [5.74, 6) is -0.0183. The summed E-state index contributed by atoms with van der Waals surface area (Å²) in [6, 6.07) is 2.32. The van der Waals surface area contributed by atoms with Crippen molar-refractivity contribution in [1.29, 1.82) is 0 Å². The van der Waals surface area contributed by atoms with E-state index in [2.05, 4.69) is 32.7 Å². The third kappa shape index (κ3) is 4.75. The molecule has 7 heteroatoms. The molecule has 108 valence electrons.